The van der Waals surface area contributed by atoms with Crippen molar-refractivity contribution in [2.45, 2.75) is 19.3 Å². The number of carbonyl (C=O) groups is 2. The van der Waals surface area contributed by atoms with Gasteiger partial charge in [-0.2, -0.15) is 0 Å². The third-order valence-electron chi connectivity index (χ3n) is 5.51. The zero-order valence-corrected chi connectivity index (χ0v) is 11.6. The molecule has 3 aliphatic carbocycles. The number of benzene rings is 1. The molecular weight excluding hydrogens is 252 g/mol. The Labute approximate surface area is 117 Å². The number of fused-ring (bicyclic) bond motifs is 6. The van der Waals surface area contributed by atoms with E-state index in [9.17, 15) is 9.59 Å². The van der Waals surface area contributed by atoms with Gasteiger partial charge in [-0.1, -0.05) is 31.2 Å². The highest BCUT2D eigenvalue weighted by Crippen LogP contribution is 2.68. The molecule has 0 saturated heterocycles. The van der Waals surface area contributed by atoms with Crippen molar-refractivity contribution in [1.29, 1.82) is 0 Å². The molecule has 0 unspecified atom stereocenters. The fraction of sp³-hybridized carbons (Fsp3) is 0.412. The van der Waals surface area contributed by atoms with Crippen LogP contribution in [0.15, 0.2) is 36.1 Å². The van der Waals surface area contributed by atoms with E-state index >= 15 is 0 Å². The van der Waals surface area contributed by atoms with Crippen LogP contribution in [0.4, 0.5) is 0 Å². The second kappa shape index (κ2) is 3.60. The van der Waals surface area contributed by atoms with Crippen LogP contribution in [-0.2, 0) is 20.7 Å². The first-order chi connectivity index (χ1) is 9.59. The minimum atomic E-state index is -0.617. The molecule has 1 saturated carbocycles. The minimum absolute atomic E-state index is 0.0115. The first-order valence-corrected chi connectivity index (χ1v) is 7.01. The molecule has 0 radical (unpaired) electrons. The highest BCUT2D eigenvalue weighted by molar-refractivity contribution is 6.13. The molecule has 4 atom stereocenters. The molecule has 0 amide bonds. The van der Waals surface area contributed by atoms with Crippen LogP contribution in [0.5, 0.6) is 0 Å². The molecule has 102 valence electrons. The summed E-state index contributed by atoms with van der Waals surface area (Å²) in [6, 6.07) is 8.25. The second-order valence-electron chi connectivity index (χ2n) is 6.25. The molecule has 0 spiro atoms. The minimum Gasteiger partial charge on any atom is -0.493 e. The van der Waals surface area contributed by atoms with E-state index in [2.05, 4.69) is 12.1 Å². The van der Waals surface area contributed by atoms with Gasteiger partial charge < -0.3 is 4.74 Å². The summed E-state index contributed by atoms with van der Waals surface area (Å²) in [6.07, 6.45) is 2.31. The Kier molecular flexibility index (Phi) is 2.14. The van der Waals surface area contributed by atoms with Crippen molar-refractivity contribution in [3.63, 3.8) is 0 Å². The molecular formula is C17H16O3. The predicted molar refractivity (Wildman–Crippen MR) is 73.1 cm³/mol. The van der Waals surface area contributed by atoms with Crippen LogP contribution in [0.3, 0.4) is 0 Å². The Bertz CT molecular complexity index is 673. The van der Waals surface area contributed by atoms with Crippen LogP contribution in [0.25, 0.3) is 0 Å². The summed E-state index contributed by atoms with van der Waals surface area (Å²) in [7, 11) is 1.46. The summed E-state index contributed by atoms with van der Waals surface area (Å²) in [5.74, 6) is 0.533. The summed E-state index contributed by atoms with van der Waals surface area (Å²) in [4.78, 5) is 25.1. The van der Waals surface area contributed by atoms with Gasteiger partial charge in [0, 0.05) is 17.9 Å². The van der Waals surface area contributed by atoms with Gasteiger partial charge in [0.1, 0.15) is 0 Å². The topological polar surface area (TPSA) is 43.4 Å². The Balaban J connectivity index is 1.86. The molecule has 0 bridgehead atoms. The SMILES string of the molecule is COC1=CC(=O)[C@@H]2[C@H]3Cc4ccccc4[C@H]3[C@]2(C)C1=O. The number of ether oxygens (including phenoxy) is 1. The Morgan fingerprint density at radius 2 is 1.95 bits per heavy atom. The van der Waals surface area contributed by atoms with Gasteiger partial charge in [0.15, 0.2) is 11.5 Å². The second-order valence-corrected chi connectivity index (χ2v) is 6.25. The van der Waals surface area contributed by atoms with E-state index in [-0.39, 0.29) is 35.1 Å². The summed E-state index contributed by atoms with van der Waals surface area (Å²) >= 11 is 0. The number of carbonyl (C=O) groups excluding carboxylic acids is 2. The average Bonchev–Trinajstić information content (AvgIpc) is 2.77. The molecule has 3 heteroatoms. The number of ketones is 2. The lowest BCUT2D eigenvalue weighted by Gasteiger charge is -2.57. The van der Waals surface area contributed by atoms with Crippen molar-refractivity contribution in [3.8, 4) is 0 Å². The summed E-state index contributed by atoms with van der Waals surface area (Å²) in [5.41, 5.74) is 1.92. The summed E-state index contributed by atoms with van der Waals surface area (Å²) < 4.78 is 5.12. The number of methoxy groups -OCH3 is 1. The van der Waals surface area contributed by atoms with Crippen molar-refractivity contribution in [3.05, 3.63) is 47.2 Å². The zero-order chi connectivity index (χ0) is 14.1. The van der Waals surface area contributed by atoms with E-state index < -0.39 is 5.41 Å². The fourth-order valence-electron chi connectivity index (χ4n) is 4.71. The zero-order valence-electron chi connectivity index (χ0n) is 11.6. The molecule has 1 aromatic carbocycles. The normalized spacial score (nSPS) is 37.5. The third-order valence-corrected chi connectivity index (χ3v) is 5.51. The molecule has 3 nitrogen and oxygen atoms in total. The smallest absolute Gasteiger partial charge is 0.204 e. The maximum absolute atomic E-state index is 12.7. The Morgan fingerprint density at radius 3 is 2.70 bits per heavy atom. The monoisotopic (exact) mass is 268 g/mol. The number of hydrogen-bond donors (Lipinski definition) is 0. The van der Waals surface area contributed by atoms with Crippen molar-refractivity contribution in [2.75, 3.05) is 7.11 Å². The van der Waals surface area contributed by atoms with Crippen LogP contribution < -0.4 is 0 Å². The molecule has 1 aromatic rings. The Morgan fingerprint density at radius 1 is 1.20 bits per heavy atom. The van der Waals surface area contributed by atoms with Crippen LogP contribution in [0.1, 0.15) is 24.0 Å². The molecule has 20 heavy (non-hydrogen) atoms. The van der Waals surface area contributed by atoms with E-state index in [1.807, 2.05) is 19.1 Å². The largest absolute Gasteiger partial charge is 0.493 e. The molecule has 1 fully saturated rings. The molecule has 0 aromatic heterocycles. The lowest BCUT2D eigenvalue weighted by Crippen LogP contribution is -2.61. The maximum atomic E-state index is 12.7. The first-order valence-electron chi connectivity index (χ1n) is 7.01. The lowest BCUT2D eigenvalue weighted by molar-refractivity contribution is -0.158. The maximum Gasteiger partial charge on any atom is 0.204 e. The molecule has 0 heterocycles. The molecule has 4 rings (SSSR count). The first kappa shape index (κ1) is 11.9. The number of Topliss-reactive ketones (excluding diaryl/α,β-unsaturated/α-hetero) is 1. The average molecular weight is 268 g/mol. The summed E-state index contributed by atoms with van der Waals surface area (Å²) in [6.45, 7) is 1.94. The molecule has 0 aliphatic heterocycles. The van der Waals surface area contributed by atoms with Crippen LogP contribution in [0.2, 0.25) is 0 Å². The Hall–Kier alpha value is -1.90. The third kappa shape index (κ3) is 1.13. The van der Waals surface area contributed by atoms with Crippen molar-refractivity contribution in [1.82, 2.24) is 0 Å². The van der Waals surface area contributed by atoms with E-state index in [0.29, 0.717) is 0 Å². The van der Waals surface area contributed by atoms with E-state index in [1.54, 1.807) is 0 Å². The van der Waals surface area contributed by atoms with Crippen LogP contribution in [-0.4, -0.2) is 18.7 Å². The van der Waals surface area contributed by atoms with Crippen molar-refractivity contribution >= 4 is 11.6 Å². The number of allylic oxidation sites excluding steroid dienone is 2. The van der Waals surface area contributed by atoms with Crippen LogP contribution >= 0.6 is 0 Å². The van der Waals surface area contributed by atoms with Crippen LogP contribution in [0, 0.1) is 17.3 Å². The number of rotatable bonds is 1. The van der Waals surface area contributed by atoms with Gasteiger partial charge in [-0.3, -0.25) is 9.59 Å². The standard InChI is InChI=1S/C17H16O3/c1-17-14-10-6-4-3-5-9(10)7-11(14)15(17)12(18)8-13(20-2)16(17)19/h3-6,8,11,14-15H,7H2,1-2H3/t11-,14+,15-,17-/m0/s1. The predicted octanol–water partition coefficient (Wildman–Crippen LogP) is 2.26. The fourth-order valence-corrected chi connectivity index (χ4v) is 4.71. The van der Waals surface area contributed by atoms with Crippen molar-refractivity contribution in [2.24, 2.45) is 17.3 Å². The van der Waals surface area contributed by atoms with Gasteiger partial charge in [-0.15, -0.1) is 0 Å². The quantitative estimate of drug-likeness (QED) is 0.784. The van der Waals surface area contributed by atoms with Gasteiger partial charge in [0.05, 0.1) is 12.5 Å². The highest BCUT2D eigenvalue weighted by atomic mass is 16.5. The molecule has 3 aliphatic rings. The van der Waals surface area contributed by atoms with Gasteiger partial charge in [0.25, 0.3) is 0 Å². The van der Waals surface area contributed by atoms with E-state index in [0.717, 1.165) is 6.42 Å². The van der Waals surface area contributed by atoms with Gasteiger partial charge in [0.2, 0.25) is 5.78 Å². The van der Waals surface area contributed by atoms with Gasteiger partial charge >= 0.3 is 0 Å². The van der Waals surface area contributed by atoms with Gasteiger partial charge in [-0.05, 0) is 23.5 Å². The lowest BCUT2D eigenvalue weighted by atomic mass is 9.43. The van der Waals surface area contributed by atoms with E-state index in [4.69, 9.17) is 4.74 Å². The van der Waals surface area contributed by atoms with E-state index in [1.165, 1.54) is 24.3 Å². The van der Waals surface area contributed by atoms with Crippen molar-refractivity contribution < 1.29 is 14.3 Å². The summed E-state index contributed by atoms with van der Waals surface area (Å²) in [5, 5.41) is 0. The number of hydrogen-bond acceptors (Lipinski definition) is 3. The van der Waals surface area contributed by atoms with Gasteiger partial charge in [-0.25, -0.2) is 0 Å². The highest BCUT2D eigenvalue weighted by Gasteiger charge is 2.69. The molecule has 0 N–H and O–H groups in total.